The van der Waals surface area contributed by atoms with Gasteiger partial charge in [-0.2, -0.15) is 5.10 Å². The van der Waals surface area contributed by atoms with Crippen molar-refractivity contribution >= 4 is 5.91 Å². The number of carbonyl (C=O) groups excluding carboxylic acids is 1. The molecule has 0 atom stereocenters. The van der Waals surface area contributed by atoms with Gasteiger partial charge < -0.3 is 4.90 Å². The fourth-order valence-electron chi connectivity index (χ4n) is 3.51. The van der Waals surface area contributed by atoms with Crippen molar-refractivity contribution in [3.8, 4) is 5.69 Å². The first-order valence-electron chi connectivity index (χ1n) is 10.1. The minimum atomic E-state index is 0.101. The van der Waals surface area contributed by atoms with E-state index in [0.717, 1.165) is 28.2 Å². The summed E-state index contributed by atoms with van der Waals surface area (Å²) >= 11 is 0. The molecule has 2 aromatic carbocycles. The van der Waals surface area contributed by atoms with Gasteiger partial charge in [0.25, 0.3) is 0 Å². The number of amides is 1. The maximum atomic E-state index is 12.9. The number of aromatic nitrogens is 2. The molecule has 29 heavy (non-hydrogen) atoms. The van der Waals surface area contributed by atoms with Gasteiger partial charge in [-0.15, -0.1) is 0 Å². The third-order valence-electron chi connectivity index (χ3n) is 5.44. The summed E-state index contributed by atoms with van der Waals surface area (Å²) in [5.41, 5.74) is 6.52. The molecule has 1 heterocycles. The van der Waals surface area contributed by atoms with Crippen LogP contribution in [0.15, 0.2) is 54.6 Å². The van der Waals surface area contributed by atoms with Crippen LogP contribution in [0, 0.1) is 13.8 Å². The van der Waals surface area contributed by atoms with E-state index in [0.29, 0.717) is 13.0 Å². The molecule has 152 valence electrons. The zero-order valence-corrected chi connectivity index (χ0v) is 18.4. The number of rotatable bonds is 5. The molecule has 1 aromatic heterocycles. The van der Waals surface area contributed by atoms with Crippen LogP contribution in [-0.4, -0.2) is 27.6 Å². The monoisotopic (exact) mass is 389 g/mol. The van der Waals surface area contributed by atoms with E-state index in [1.165, 1.54) is 5.56 Å². The maximum absolute atomic E-state index is 12.9. The lowest BCUT2D eigenvalue weighted by atomic mass is 9.87. The fourth-order valence-corrected chi connectivity index (χ4v) is 3.51. The van der Waals surface area contributed by atoms with Crippen LogP contribution in [0.4, 0.5) is 0 Å². The SMILES string of the molecule is Cc1nn(-c2ccccc2)c(C)c1CC(=O)N(C)Cc1ccc(C(C)(C)C)cc1. The molecule has 0 aliphatic rings. The number of nitrogens with zero attached hydrogens (tertiary/aromatic N) is 3. The van der Waals surface area contributed by atoms with Crippen molar-refractivity contribution in [2.24, 2.45) is 0 Å². The number of hydrogen-bond donors (Lipinski definition) is 0. The van der Waals surface area contributed by atoms with E-state index in [1.807, 2.05) is 55.9 Å². The zero-order chi connectivity index (χ0) is 21.2. The number of likely N-dealkylation sites (N-methyl/N-ethyl adjacent to an activating group) is 1. The predicted octanol–water partition coefficient (Wildman–Crippen LogP) is 4.99. The molecular formula is C25H31N3O. The van der Waals surface area contributed by atoms with E-state index >= 15 is 0 Å². The Bertz CT molecular complexity index is 979. The van der Waals surface area contributed by atoms with Crippen molar-refractivity contribution in [3.63, 3.8) is 0 Å². The van der Waals surface area contributed by atoms with E-state index in [9.17, 15) is 4.79 Å². The zero-order valence-electron chi connectivity index (χ0n) is 18.4. The Morgan fingerprint density at radius 1 is 1.00 bits per heavy atom. The second-order valence-electron chi connectivity index (χ2n) is 8.77. The van der Waals surface area contributed by atoms with Crippen molar-refractivity contribution in [1.29, 1.82) is 0 Å². The van der Waals surface area contributed by atoms with Crippen LogP contribution >= 0.6 is 0 Å². The number of benzene rings is 2. The van der Waals surface area contributed by atoms with Crippen LogP contribution in [0.5, 0.6) is 0 Å². The highest BCUT2D eigenvalue weighted by Gasteiger charge is 2.19. The summed E-state index contributed by atoms with van der Waals surface area (Å²) in [6.07, 6.45) is 0.362. The van der Waals surface area contributed by atoms with Gasteiger partial charge in [-0.25, -0.2) is 4.68 Å². The van der Waals surface area contributed by atoms with Gasteiger partial charge in [0, 0.05) is 24.8 Å². The average molecular weight is 390 g/mol. The van der Waals surface area contributed by atoms with Crippen LogP contribution < -0.4 is 0 Å². The third kappa shape index (κ3) is 4.76. The third-order valence-corrected chi connectivity index (χ3v) is 5.44. The van der Waals surface area contributed by atoms with E-state index in [2.05, 4.69) is 50.1 Å². The predicted molar refractivity (Wildman–Crippen MR) is 118 cm³/mol. The highest BCUT2D eigenvalue weighted by Crippen LogP contribution is 2.23. The van der Waals surface area contributed by atoms with Crippen molar-refractivity contribution in [3.05, 3.63) is 82.7 Å². The number of carbonyl (C=O) groups is 1. The molecule has 0 bridgehead atoms. The molecule has 3 rings (SSSR count). The van der Waals surface area contributed by atoms with Crippen molar-refractivity contribution in [2.75, 3.05) is 7.05 Å². The number of hydrogen-bond acceptors (Lipinski definition) is 2. The largest absolute Gasteiger partial charge is 0.341 e. The Balaban J connectivity index is 1.71. The molecule has 3 aromatic rings. The molecule has 0 aliphatic carbocycles. The normalized spacial score (nSPS) is 11.5. The molecule has 0 N–H and O–H groups in total. The first-order valence-corrected chi connectivity index (χ1v) is 10.1. The number of aryl methyl sites for hydroxylation is 1. The van der Waals surface area contributed by atoms with Crippen molar-refractivity contribution < 1.29 is 4.79 Å². The Labute approximate surface area is 174 Å². The quantitative estimate of drug-likeness (QED) is 0.617. The smallest absolute Gasteiger partial charge is 0.227 e. The van der Waals surface area contributed by atoms with Crippen molar-refractivity contribution in [1.82, 2.24) is 14.7 Å². The van der Waals surface area contributed by atoms with Crippen LogP contribution in [0.3, 0.4) is 0 Å². The van der Waals surface area contributed by atoms with Gasteiger partial charge in [-0.1, -0.05) is 63.2 Å². The summed E-state index contributed by atoms with van der Waals surface area (Å²) in [5.74, 6) is 0.101. The second-order valence-corrected chi connectivity index (χ2v) is 8.77. The lowest BCUT2D eigenvalue weighted by Crippen LogP contribution is -2.28. The highest BCUT2D eigenvalue weighted by atomic mass is 16.2. The molecule has 0 aliphatic heterocycles. The summed E-state index contributed by atoms with van der Waals surface area (Å²) in [4.78, 5) is 14.7. The van der Waals surface area contributed by atoms with Crippen LogP contribution in [0.25, 0.3) is 5.69 Å². The Morgan fingerprint density at radius 2 is 1.62 bits per heavy atom. The van der Waals surface area contributed by atoms with E-state index in [1.54, 1.807) is 4.90 Å². The van der Waals surface area contributed by atoms with Crippen molar-refractivity contribution in [2.45, 2.75) is 53.0 Å². The maximum Gasteiger partial charge on any atom is 0.227 e. The molecule has 4 nitrogen and oxygen atoms in total. The van der Waals surface area contributed by atoms with Gasteiger partial charge in [0.15, 0.2) is 0 Å². The Morgan fingerprint density at radius 3 is 2.21 bits per heavy atom. The summed E-state index contributed by atoms with van der Waals surface area (Å²) in [7, 11) is 1.87. The second kappa shape index (κ2) is 8.24. The molecule has 0 saturated carbocycles. The average Bonchev–Trinajstić information content (AvgIpc) is 2.96. The first kappa shape index (κ1) is 20.8. The molecule has 0 unspecified atom stereocenters. The minimum Gasteiger partial charge on any atom is -0.341 e. The van der Waals surface area contributed by atoms with Gasteiger partial charge in [-0.05, 0) is 42.5 Å². The minimum absolute atomic E-state index is 0.101. The highest BCUT2D eigenvalue weighted by molar-refractivity contribution is 5.79. The Hall–Kier alpha value is -2.88. The topological polar surface area (TPSA) is 38.1 Å². The van der Waals surface area contributed by atoms with E-state index < -0.39 is 0 Å². The summed E-state index contributed by atoms with van der Waals surface area (Å²) in [6.45, 7) is 11.2. The molecule has 0 spiro atoms. The fraction of sp³-hybridized carbons (Fsp3) is 0.360. The molecule has 4 heteroatoms. The standard InChI is InChI=1S/C25H31N3O/c1-18-23(19(2)28(26-18)22-10-8-7-9-11-22)16-24(29)27(6)17-20-12-14-21(15-13-20)25(3,4)5/h7-15H,16-17H2,1-6H3. The van der Waals surface area contributed by atoms with E-state index in [4.69, 9.17) is 0 Å². The number of para-hydroxylation sites is 1. The first-order chi connectivity index (χ1) is 13.7. The van der Waals surface area contributed by atoms with Gasteiger partial charge in [-0.3, -0.25) is 4.79 Å². The van der Waals surface area contributed by atoms with Gasteiger partial charge in [0.1, 0.15) is 0 Å². The van der Waals surface area contributed by atoms with Gasteiger partial charge >= 0.3 is 0 Å². The van der Waals surface area contributed by atoms with E-state index in [-0.39, 0.29) is 11.3 Å². The van der Waals surface area contributed by atoms with Gasteiger partial charge in [0.2, 0.25) is 5.91 Å². The summed E-state index contributed by atoms with van der Waals surface area (Å²) < 4.78 is 1.92. The molecule has 0 fully saturated rings. The van der Waals surface area contributed by atoms with Crippen LogP contribution in [0.1, 0.15) is 48.8 Å². The molecule has 0 radical (unpaired) electrons. The molecular weight excluding hydrogens is 358 g/mol. The Kier molecular flexibility index (Phi) is 5.92. The summed E-state index contributed by atoms with van der Waals surface area (Å²) in [5, 5.41) is 4.66. The van der Waals surface area contributed by atoms with Gasteiger partial charge in [0.05, 0.1) is 17.8 Å². The van der Waals surface area contributed by atoms with Crippen LogP contribution in [-0.2, 0) is 23.2 Å². The lowest BCUT2D eigenvalue weighted by molar-refractivity contribution is -0.129. The summed E-state index contributed by atoms with van der Waals surface area (Å²) in [6, 6.07) is 18.6. The van der Waals surface area contributed by atoms with Crippen LogP contribution in [0.2, 0.25) is 0 Å². The molecule has 1 amide bonds. The lowest BCUT2D eigenvalue weighted by Gasteiger charge is -2.21. The molecule has 0 saturated heterocycles.